The molecule has 1 aliphatic heterocycles. The van der Waals surface area contributed by atoms with Crippen LogP contribution >= 0.6 is 23.2 Å². The minimum absolute atomic E-state index is 0.279. The lowest BCUT2D eigenvalue weighted by Crippen LogP contribution is -2.36. The van der Waals surface area contributed by atoms with E-state index in [9.17, 15) is 4.79 Å². The molecule has 0 unspecified atom stereocenters. The molecule has 2 aromatic rings. The van der Waals surface area contributed by atoms with Crippen molar-refractivity contribution in [1.29, 1.82) is 0 Å². The Balaban J connectivity index is 1.81. The normalized spacial score (nSPS) is 15.2. The van der Waals surface area contributed by atoms with Crippen LogP contribution in [0.2, 0.25) is 10.0 Å². The summed E-state index contributed by atoms with van der Waals surface area (Å²) in [5.41, 5.74) is 0.597. The highest BCUT2D eigenvalue weighted by Crippen LogP contribution is 2.33. The molecule has 1 saturated heterocycles. The van der Waals surface area contributed by atoms with Crippen LogP contribution in [0.4, 0.5) is 17.3 Å². The van der Waals surface area contributed by atoms with Crippen LogP contribution in [0.1, 0.15) is 18.7 Å². The lowest BCUT2D eigenvalue weighted by molar-refractivity contribution is -0.142. The number of nitrogens with one attached hydrogen (secondary N) is 1. The summed E-state index contributed by atoms with van der Waals surface area (Å²) in [4.78, 5) is 22.0. The van der Waals surface area contributed by atoms with Gasteiger partial charge in [0, 0.05) is 19.2 Å². The number of carboxylic acids is 1. The molecule has 1 fully saturated rings. The number of nitrogens with zero attached hydrogens (tertiary/aromatic N) is 3. The van der Waals surface area contributed by atoms with Crippen molar-refractivity contribution in [3.05, 3.63) is 40.1 Å². The molecule has 0 bridgehead atoms. The molecule has 0 atom stereocenters. The number of para-hydroxylation sites is 1. The van der Waals surface area contributed by atoms with E-state index >= 15 is 0 Å². The highest BCUT2D eigenvalue weighted by atomic mass is 35.5. The zero-order chi connectivity index (χ0) is 18.0. The average molecular weight is 381 g/mol. The van der Waals surface area contributed by atoms with E-state index in [-0.39, 0.29) is 5.92 Å². The van der Waals surface area contributed by atoms with Crippen molar-refractivity contribution in [3.8, 4) is 0 Å². The Morgan fingerprint density at radius 1 is 1.24 bits per heavy atom. The lowest BCUT2D eigenvalue weighted by atomic mass is 9.97. The topological polar surface area (TPSA) is 78.4 Å². The smallest absolute Gasteiger partial charge is 0.306 e. The maximum Gasteiger partial charge on any atom is 0.306 e. The largest absolute Gasteiger partial charge is 0.481 e. The van der Waals surface area contributed by atoms with Gasteiger partial charge in [-0.05, 0) is 31.9 Å². The Morgan fingerprint density at radius 3 is 2.48 bits per heavy atom. The number of carbonyl (C=O) groups is 1. The summed E-state index contributed by atoms with van der Waals surface area (Å²) in [6.07, 6.45) is 1.22. The van der Waals surface area contributed by atoms with Gasteiger partial charge in [-0.1, -0.05) is 29.3 Å². The van der Waals surface area contributed by atoms with Crippen molar-refractivity contribution >= 4 is 46.5 Å². The van der Waals surface area contributed by atoms with Crippen molar-refractivity contribution in [1.82, 2.24) is 9.97 Å². The number of aliphatic carboxylic acids is 1. The molecule has 25 heavy (non-hydrogen) atoms. The third kappa shape index (κ3) is 4.14. The van der Waals surface area contributed by atoms with E-state index in [1.807, 2.05) is 13.0 Å². The van der Waals surface area contributed by atoms with E-state index in [0.717, 1.165) is 5.82 Å². The van der Waals surface area contributed by atoms with Gasteiger partial charge >= 0.3 is 5.97 Å². The van der Waals surface area contributed by atoms with E-state index in [0.29, 0.717) is 53.3 Å². The molecule has 1 aromatic heterocycles. The maximum atomic E-state index is 11.1. The first-order chi connectivity index (χ1) is 11.9. The van der Waals surface area contributed by atoms with Crippen molar-refractivity contribution in [2.45, 2.75) is 19.8 Å². The molecule has 0 amide bonds. The molecule has 0 saturated carbocycles. The van der Waals surface area contributed by atoms with Gasteiger partial charge in [-0.2, -0.15) is 0 Å². The van der Waals surface area contributed by atoms with Gasteiger partial charge in [-0.25, -0.2) is 9.97 Å². The molecule has 1 aliphatic rings. The van der Waals surface area contributed by atoms with E-state index < -0.39 is 5.97 Å². The fourth-order valence-electron chi connectivity index (χ4n) is 2.88. The number of aryl methyl sites for hydroxylation is 1. The summed E-state index contributed by atoms with van der Waals surface area (Å²) in [6, 6.07) is 7.11. The highest BCUT2D eigenvalue weighted by molar-refractivity contribution is 6.39. The minimum Gasteiger partial charge on any atom is -0.481 e. The molecule has 3 rings (SSSR count). The second-order valence-corrected chi connectivity index (χ2v) is 6.79. The van der Waals surface area contributed by atoms with Gasteiger partial charge in [-0.15, -0.1) is 0 Å². The Morgan fingerprint density at radius 2 is 1.88 bits per heavy atom. The van der Waals surface area contributed by atoms with Crippen LogP contribution in [0.25, 0.3) is 0 Å². The van der Waals surface area contributed by atoms with Crippen LogP contribution in [0.3, 0.4) is 0 Å². The molecule has 6 nitrogen and oxygen atoms in total. The fourth-order valence-corrected chi connectivity index (χ4v) is 3.37. The Bertz CT molecular complexity index is 772. The van der Waals surface area contributed by atoms with Gasteiger partial charge in [0.2, 0.25) is 0 Å². The molecule has 2 heterocycles. The Labute approximate surface area is 155 Å². The number of anilines is 3. The van der Waals surface area contributed by atoms with Crippen molar-refractivity contribution in [2.75, 3.05) is 23.3 Å². The van der Waals surface area contributed by atoms with Crippen molar-refractivity contribution in [3.63, 3.8) is 0 Å². The van der Waals surface area contributed by atoms with E-state index in [1.54, 1.807) is 18.2 Å². The number of aromatic nitrogens is 2. The summed E-state index contributed by atoms with van der Waals surface area (Å²) in [5.74, 6) is 0.969. The fraction of sp³-hybridized carbons (Fsp3) is 0.353. The summed E-state index contributed by atoms with van der Waals surface area (Å²) < 4.78 is 0. The first kappa shape index (κ1) is 17.8. The second-order valence-electron chi connectivity index (χ2n) is 5.98. The maximum absolute atomic E-state index is 11.1. The zero-order valence-corrected chi connectivity index (χ0v) is 15.2. The van der Waals surface area contributed by atoms with Crippen LogP contribution in [-0.2, 0) is 4.79 Å². The zero-order valence-electron chi connectivity index (χ0n) is 13.7. The summed E-state index contributed by atoms with van der Waals surface area (Å²) >= 11 is 12.4. The molecule has 132 valence electrons. The molecule has 0 radical (unpaired) electrons. The molecular weight excluding hydrogens is 363 g/mol. The van der Waals surface area contributed by atoms with E-state index in [4.69, 9.17) is 28.3 Å². The quantitative estimate of drug-likeness (QED) is 0.829. The summed E-state index contributed by atoms with van der Waals surface area (Å²) in [6.45, 7) is 3.12. The molecule has 0 spiro atoms. The number of hydrogen-bond acceptors (Lipinski definition) is 5. The first-order valence-electron chi connectivity index (χ1n) is 7.98. The Kier molecular flexibility index (Phi) is 5.30. The number of rotatable bonds is 4. The summed E-state index contributed by atoms with van der Waals surface area (Å²) in [7, 11) is 0. The molecule has 0 aliphatic carbocycles. The number of carboxylic acid groups (broad SMARTS) is 1. The van der Waals surface area contributed by atoms with Gasteiger partial charge in [-0.3, -0.25) is 4.79 Å². The van der Waals surface area contributed by atoms with Crippen LogP contribution in [0, 0.1) is 12.8 Å². The third-order valence-corrected chi connectivity index (χ3v) is 4.84. The van der Waals surface area contributed by atoms with E-state index in [2.05, 4.69) is 20.2 Å². The Hall–Kier alpha value is -2.05. The van der Waals surface area contributed by atoms with Crippen LogP contribution in [0.15, 0.2) is 24.3 Å². The SMILES string of the molecule is Cc1nc(Nc2c(Cl)cccc2Cl)cc(N2CCC(C(=O)O)CC2)n1. The average Bonchev–Trinajstić information content (AvgIpc) is 2.58. The molecular formula is C17H18Cl2N4O2. The van der Waals surface area contributed by atoms with Crippen LogP contribution in [-0.4, -0.2) is 34.1 Å². The highest BCUT2D eigenvalue weighted by Gasteiger charge is 2.25. The third-order valence-electron chi connectivity index (χ3n) is 4.21. The summed E-state index contributed by atoms with van der Waals surface area (Å²) in [5, 5.41) is 13.3. The molecule has 8 heteroatoms. The monoisotopic (exact) mass is 380 g/mol. The number of benzene rings is 1. The van der Waals surface area contributed by atoms with E-state index in [1.165, 1.54) is 0 Å². The van der Waals surface area contributed by atoms with Gasteiger partial charge in [0.25, 0.3) is 0 Å². The second kappa shape index (κ2) is 7.45. The minimum atomic E-state index is -0.728. The number of halogens is 2. The first-order valence-corrected chi connectivity index (χ1v) is 8.74. The van der Waals surface area contributed by atoms with Gasteiger partial charge < -0.3 is 15.3 Å². The van der Waals surface area contributed by atoms with Gasteiger partial charge in [0.1, 0.15) is 17.5 Å². The van der Waals surface area contributed by atoms with Gasteiger partial charge in [0.15, 0.2) is 0 Å². The lowest BCUT2D eigenvalue weighted by Gasteiger charge is -2.31. The predicted molar refractivity (Wildman–Crippen MR) is 99.1 cm³/mol. The number of piperidine rings is 1. The molecule has 1 aromatic carbocycles. The number of hydrogen-bond donors (Lipinski definition) is 2. The standard InChI is InChI=1S/C17H18Cl2N4O2/c1-10-20-14(22-16-12(18)3-2-4-13(16)19)9-15(21-10)23-7-5-11(6-8-23)17(24)25/h2-4,9,11H,5-8H2,1H3,(H,24,25)(H,20,21,22). The van der Waals surface area contributed by atoms with Crippen molar-refractivity contribution < 1.29 is 9.90 Å². The van der Waals surface area contributed by atoms with Crippen molar-refractivity contribution in [2.24, 2.45) is 5.92 Å². The predicted octanol–water partition coefficient (Wildman–Crippen LogP) is 4.14. The van der Waals surface area contributed by atoms with Crippen LogP contribution in [0.5, 0.6) is 0 Å². The van der Waals surface area contributed by atoms with Crippen LogP contribution < -0.4 is 10.2 Å². The van der Waals surface area contributed by atoms with Gasteiger partial charge in [0.05, 0.1) is 21.7 Å². The molecule has 2 N–H and O–H groups in total.